The van der Waals surface area contributed by atoms with Crippen molar-refractivity contribution in [2.24, 2.45) is 5.73 Å². The monoisotopic (exact) mass is 261 g/mol. The van der Waals surface area contributed by atoms with E-state index in [4.69, 9.17) is 5.73 Å². The van der Waals surface area contributed by atoms with Crippen LogP contribution in [0.4, 0.5) is 0 Å². The summed E-state index contributed by atoms with van der Waals surface area (Å²) >= 11 is 1.73. The Morgan fingerprint density at radius 2 is 2.17 bits per heavy atom. The van der Waals surface area contributed by atoms with Crippen LogP contribution in [0.2, 0.25) is 0 Å². The highest BCUT2D eigenvalue weighted by atomic mass is 32.1. The Balaban J connectivity index is 2.18. The van der Waals surface area contributed by atoms with Crippen molar-refractivity contribution in [1.82, 2.24) is 9.97 Å². The average molecular weight is 261 g/mol. The molecule has 0 aliphatic rings. The van der Waals surface area contributed by atoms with E-state index < -0.39 is 0 Å². The smallest absolute Gasteiger partial charge is 0.0950 e. The minimum absolute atomic E-state index is 0.0638. The molecule has 0 spiro atoms. The Morgan fingerprint density at radius 1 is 1.39 bits per heavy atom. The van der Waals surface area contributed by atoms with Crippen molar-refractivity contribution in [1.29, 1.82) is 0 Å². The molecular formula is C14H19N3S. The molecule has 0 amide bonds. The molecule has 0 aliphatic carbocycles. The van der Waals surface area contributed by atoms with Crippen LogP contribution in [0.15, 0.2) is 18.3 Å². The van der Waals surface area contributed by atoms with Gasteiger partial charge in [-0.1, -0.05) is 13.0 Å². The van der Waals surface area contributed by atoms with Gasteiger partial charge in [-0.15, -0.1) is 11.3 Å². The zero-order chi connectivity index (χ0) is 13.1. The molecule has 0 aliphatic heterocycles. The second-order valence-electron chi connectivity index (χ2n) is 4.46. The van der Waals surface area contributed by atoms with Crippen molar-refractivity contribution in [2.75, 3.05) is 0 Å². The van der Waals surface area contributed by atoms with Crippen molar-refractivity contribution in [3.63, 3.8) is 0 Å². The van der Waals surface area contributed by atoms with Crippen LogP contribution < -0.4 is 5.73 Å². The van der Waals surface area contributed by atoms with Gasteiger partial charge in [-0.3, -0.25) is 4.98 Å². The van der Waals surface area contributed by atoms with Crippen LogP contribution in [0, 0.1) is 13.8 Å². The van der Waals surface area contributed by atoms with Gasteiger partial charge in [0, 0.05) is 17.5 Å². The van der Waals surface area contributed by atoms with Gasteiger partial charge in [-0.2, -0.15) is 0 Å². The summed E-state index contributed by atoms with van der Waals surface area (Å²) in [6.07, 6.45) is 3.54. The van der Waals surface area contributed by atoms with Crippen molar-refractivity contribution >= 4 is 11.3 Å². The third-order valence-electron chi connectivity index (χ3n) is 3.13. The first-order valence-electron chi connectivity index (χ1n) is 6.24. The molecular weight excluding hydrogens is 242 g/mol. The highest BCUT2D eigenvalue weighted by Crippen LogP contribution is 2.23. The predicted octanol–water partition coefficient (Wildman–Crippen LogP) is 2.96. The van der Waals surface area contributed by atoms with Gasteiger partial charge >= 0.3 is 0 Å². The van der Waals surface area contributed by atoms with E-state index in [0.29, 0.717) is 0 Å². The standard InChI is InChI=1S/C14H19N3S/c1-4-11-6-5-7-16-14(11)12(15)8-13-17-9(2)10(3)18-13/h5-7,12H,4,8,15H2,1-3H3. The number of hydrogen-bond acceptors (Lipinski definition) is 4. The van der Waals surface area contributed by atoms with Gasteiger partial charge in [-0.05, 0) is 31.9 Å². The summed E-state index contributed by atoms with van der Waals surface area (Å²) in [6, 6.07) is 4.00. The number of aryl methyl sites for hydroxylation is 3. The van der Waals surface area contributed by atoms with Crippen LogP contribution in [0.25, 0.3) is 0 Å². The van der Waals surface area contributed by atoms with Gasteiger partial charge in [0.15, 0.2) is 0 Å². The Kier molecular flexibility index (Phi) is 4.09. The maximum absolute atomic E-state index is 6.27. The summed E-state index contributed by atoms with van der Waals surface area (Å²) in [5, 5.41) is 1.10. The first-order chi connectivity index (χ1) is 8.61. The number of rotatable bonds is 4. The normalized spacial score (nSPS) is 12.7. The summed E-state index contributed by atoms with van der Waals surface area (Å²) in [6.45, 7) is 6.27. The Morgan fingerprint density at radius 3 is 2.78 bits per heavy atom. The number of pyridine rings is 1. The average Bonchev–Trinajstić information content (AvgIpc) is 2.68. The maximum Gasteiger partial charge on any atom is 0.0950 e. The van der Waals surface area contributed by atoms with E-state index in [1.807, 2.05) is 19.2 Å². The molecule has 0 bridgehead atoms. The summed E-state index contributed by atoms with van der Waals surface area (Å²) in [4.78, 5) is 10.2. The molecule has 2 aromatic heterocycles. The van der Waals surface area contributed by atoms with Crippen LogP contribution in [0.3, 0.4) is 0 Å². The molecule has 3 nitrogen and oxygen atoms in total. The summed E-state index contributed by atoms with van der Waals surface area (Å²) in [5.41, 5.74) is 9.61. The minimum Gasteiger partial charge on any atom is -0.322 e. The van der Waals surface area contributed by atoms with Gasteiger partial charge in [-0.25, -0.2) is 4.98 Å². The van der Waals surface area contributed by atoms with Crippen molar-refractivity contribution < 1.29 is 0 Å². The molecule has 18 heavy (non-hydrogen) atoms. The summed E-state index contributed by atoms with van der Waals surface area (Å²) in [5.74, 6) is 0. The largest absolute Gasteiger partial charge is 0.322 e. The van der Waals surface area contributed by atoms with E-state index in [1.165, 1.54) is 10.4 Å². The molecule has 1 unspecified atom stereocenters. The molecule has 2 aromatic rings. The van der Waals surface area contributed by atoms with Gasteiger partial charge in [0.05, 0.1) is 22.4 Å². The van der Waals surface area contributed by atoms with E-state index in [9.17, 15) is 0 Å². The zero-order valence-corrected chi connectivity index (χ0v) is 11.9. The molecule has 96 valence electrons. The first kappa shape index (κ1) is 13.2. The lowest BCUT2D eigenvalue weighted by Crippen LogP contribution is -2.16. The molecule has 0 saturated heterocycles. The lowest BCUT2D eigenvalue weighted by atomic mass is 10.0. The molecule has 2 heterocycles. The van der Waals surface area contributed by atoms with Crippen LogP contribution in [-0.4, -0.2) is 9.97 Å². The van der Waals surface area contributed by atoms with Gasteiger partial charge in [0.2, 0.25) is 0 Å². The fourth-order valence-corrected chi connectivity index (χ4v) is 2.99. The second-order valence-corrected chi connectivity index (χ2v) is 5.75. The molecule has 0 fully saturated rings. The summed E-state index contributed by atoms with van der Waals surface area (Å²) in [7, 11) is 0. The lowest BCUT2D eigenvalue weighted by Gasteiger charge is -2.13. The number of hydrogen-bond donors (Lipinski definition) is 1. The van der Waals surface area contributed by atoms with Crippen molar-refractivity contribution in [2.45, 2.75) is 39.7 Å². The quantitative estimate of drug-likeness (QED) is 0.920. The molecule has 0 aromatic carbocycles. The second kappa shape index (κ2) is 5.59. The highest BCUT2D eigenvalue weighted by Gasteiger charge is 2.14. The van der Waals surface area contributed by atoms with Crippen molar-refractivity contribution in [3.8, 4) is 0 Å². The van der Waals surface area contributed by atoms with Gasteiger partial charge in [0.1, 0.15) is 0 Å². The number of nitrogens with two attached hydrogens (primary N) is 1. The van der Waals surface area contributed by atoms with Gasteiger partial charge in [0.25, 0.3) is 0 Å². The first-order valence-corrected chi connectivity index (χ1v) is 7.05. The molecule has 0 radical (unpaired) electrons. The van der Waals surface area contributed by atoms with Crippen molar-refractivity contribution in [3.05, 3.63) is 45.2 Å². The van der Waals surface area contributed by atoms with Gasteiger partial charge < -0.3 is 5.73 Å². The fourth-order valence-electron chi connectivity index (χ4n) is 1.99. The highest BCUT2D eigenvalue weighted by molar-refractivity contribution is 7.11. The Bertz CT molecular complexity index is 514. The molecule has 1 atom stereocenters. The van der Waals surface area contributed by atoms with E-state index in [0.717, 1.165) is 29.2 Å². The predicted molar refractivity (Wildman–Crippen MR) is 75.8 cm³/mol. The van der Waals surface area contributed by atoms with Crippen LogP contribution in [-0.2, 0) is 12.8 Å². The molecule has 2 N–H and O–H groups in total. The van der Waals surface area contributed by atoms with Crippen LogP contribution in [0.5, 0.6) is 0 Å². The Labute approximate surface area is 112 Å². The zero-order valence-electron chi connectivity index (χ0n) is 11.1. The van der Waals surface area contributed by atoms with Crippen LogP contribution >= 0.6 is 11.3 Å². The minimum atomic E-state index is -0.0638. The van der Waals surface area contributed by atoms with E-state index in [1.54, 1.807) is 11.3 Å². The Hall–Kier alpha value is -1.26. The number of nitrogens with zero attached hydrogens (tertiary/aromatic N) is 2. The van der Waals surface area contributed by atoms with Crippen LogP contribution in [0.1, 0.15) is 39.8 Å². The van der Waals surface area contributed by atoms with E-state index in [2.05, 4.69) is 29.9 Å². The fraction of sp³-hybridized carbons (Fsp3) is 0.429. The maximum atomic E-state index is 6.27. The third-order valence-corrected chi connectivity index (χ3v) is 4.22. The third kappa shape index (κ3) is 2.76. The molecule has 0 saturated carbocycles. The lowest BCUT2D eigenvalue weighted by molar-refractivity contribution is 0.681. The topological polar surface area (TPSA) is 51.8 Å². The molecule has 4 heteroatoms. The molecule has 2 rings (SSSR count). The summed E-state index contributed by atoms with van der Waals surface area (Å²) < 4.78 is 0. The SMILES string of the molecule is CCc1cccnc1C(N)Cc1nc(C)c(C)s1. The van der Waals surface area contributed by atoms with E-state index >= 15 is 0 Å². The number of thiazole rings is 1. The number of aromatic nitrogens is 2. The van der Waals surface area contributed by atoms with E-state index in [-0.39, 0.29) is 6.04 Å².